The van der Waals surface area contributed by atoms with Crippen molar-refractivity contribution in [1.29, 1.82) is 0 Å². The molecule has 6 nitrogen and oxygen atoms in total. The standard InChI is InChI=1S/C14H18N4O2S/c1-4-18-9-12(8-17-18)7-16-14-6-13(21(15,19)20)5-10(2)11(14)3/h4-6,8-9,16H,1,7H2,2-3H3,(H2,15,19,20). The number of rotatable bonds is 5. The second kappa shape index (κ2) is 5.71. The van der Waals surface area contributed by atoms with Crippen LogP contribution in [-0.4, -0.2) is 18.2 Å². The molecule has 0 saturated carbocycles. The van der Waals surface area contributed by atoms with Gasteiger partial charge in [-0.3, -0.25) is 0 Å². The van der Waals surface area contributed by atoms with Gasteiger partial charge in [-0.15, -0.1) is 0 Å². The van der Waals surface area contributed by atoms with Crippen LogP contribution in [0.5, 0.6) is 0 Å². The van der Waals surface area contributed by atoms with E-state index in [0.29, 0.717) is 6.54 Å². The Morgan fingerprint density at radius 3 is 2.71 bits per heavy atom. The second-order valence-electron chi connectivity index (χ2n) is 4.82. The third kappa shape index (κ3) is 3.50. The highest BCUT2D eigenvalue weighted by molar-refractivity contribution is 7.89. The van der Waals surface area contributed by atoms with E-state index in [0.717, 1.165) is 22.4 Å². The fraction of sp³-hybridized carbons (Fsp3) is 0.214. The van der Waals surface area contributed by atoms with Crippen molar-refractivity contribution in [3.05, 3.63) is 47.8 Å². The zero-order valence-electron chi connectivity index (χ0n) is 12.0. The summed E-state index contributed by atoms with van der Waals surface area (Å²) < 4.78 is 24.6. The average molecular weight is 306 g/mol. The van der Waals surface area contributed by atoms with Crippen LogP contribution in [0, 0.1) is 13.8 Å². The zero-order valence-corrected chi connectivity index (χ0v) is 12.8. The highest BCUT2D eigenvalue weighted by atomic mass is 32.2. The van der Waals surface area contributed by atoms with Gasteiger partial charge < -0.3 is 5.32 Å². The number of nitrogens with two attached hydrogens (primary N) is 1. The summed E-state index contributed by atoms with van der Waals surface area (Å²) in [5, 5.41) is 12.5. The van der Waals surface area contributed by atoms with Crippen LogP contribution < -0.4 is 10.5 Å². The van der Waals surface area contributed by atoms with Gasteiger partial charge in [0, 0.05) is 30.2 Å². The number of hydrogen-bond acceptors (Lipinski definition) is 4. The average Bonchev–Trinajstić information content (AvgIpc) is 2.87. The minimum Gasteiger partial charge on any atom is -0.381 e. The minimum atomic E-state index is -3.72. The lowest BCUT2D eigenvalue weighted by Crippen LogP contribution is -2.13. The first-order chi connectivity index (χ1) is 9.81. The third-order valence-corrected chi connectivity index (χ3v) is 4.19. The van der Waals surface area contributed by atoms with E-state index in [1.165, 1.54) is 0 Å². The van der Waals surface area contributed by atoms with Crippen molar-refractivity contribution in [2.24, 2.45) is 5.14 Å². The number of nitrogens with zero attached hydrogens (tertiary/aromatic N) is 2. The Labute approximate surface area is 124 Å². The molecule has 0 saturated heterocycles. The summed E-state index contributed by atoms with van der Waals surface area (Å²) in [6.45, 7) is 7.94. The van der Waals surface area contributed by atoms with Crippen LogP contribution in [-0.2, 0) is 16.6 Å². The SMILES string of the molecule is C=Cn1cc(CNc2cc(S(N)(=O)=O)cc(C)c2C)cn1. The van der Waals surface area contributed by atoms with Gasteiger partial charge in [0.2, 0.25) is 10.0 Å². The third-order valence-electron chi connectivity index (χ3n) is 3.29. The molecule has 2 aromatic rings. The highest BCUT2D eigenvalue weighted by Crippen LogP contribution is 2.24. The van der Waals surface area contributed by atoms with Gasteiger partial charge in [-0.05, 0) is 37.1 Å². The Kier molecular flexibility index (Phi) is 4.15. The number of primary sulfonamides is 1. The molecular formula is C14H18N4O2S. The molecule has 1 aromatic carbocycles. The Morgan fingerprint density at radius 2 is 2.14 bits per heavy atom. The number of anilines is 1. The van der Waals surface area contributed by atoms with Gasteiger partial charge in [-0.2, -0.15) is 5.10 Å². The summed E-state index contributed by atoms with van der Waals surface area (Å²) in [6, 6.07) is 3.13. The monoisotopic (exact) mass is 306 g/mol. The highest BCUT2D eigenvalue weighted by Gasteiger charge is 2.12. The van der Waals surface area contributed by atoms with Crippen LogP contribution in [0.3, 0.4) is 0 Å². The van der Waals surface area contributed by atoms with Gasteiger partial charge in [0.05, 0.1) is 11.1 Å². The molecule has 3 N–H and O–H groups in total. The number of hydrogen-bond donors (Lipinski definition) is 2. The molecule has 0 aliphatic rings. The van der Waals surface area contributed by atoms with E-state index in [-0.39, 0.29) is 4.90 Å². The van der Waals surface area contributed by atoms with Crippen molar-refractivity contribution in [2.45, 2.75) is 25.3 Å². The first-order valence-electron chi connectivity index (χ1n) is 6.35. The Morgan fingerprint density at radius 1 is 1.43 bits per heavy atom. The molecule has 21 heavy (non-hydrogen) atoms. The summed E-state index contributed by atoms with van der Waals surface area (Å²) in [5.41, 5.74) is 3.56. The Balaban J connectivity index is 2.26. The number of benzene rings is 1. The van der Waals surface area contributed by atoms with Crippen LogP contribution in [0.1, 0.15) is 16.7 Å². The lowest BCUT2D eigenvalue weighted by Gasteiger charge is -2.13. The van der Waals surface area contributed by atoms with Gasteiger partial charge in [-0.1, -0.05) is 6.58 Å². The summed E-state index contributed by atoms with van der Waals surface area (Å²) in [7, 11) is -3.72. The Hall–Kier alpha value is -2.12. The maximum atomic E-state index is 11.5. The summed E-state index contributed by atoms with van der Waals surface area (Å²) in [4.78, 5) is 0.106. The molecule has 0 atom stereocenters. The lowest BCUT2D eigenvalue weighted by molar-refractivity contribution is 0.597. The van der Waals surface area contributed by atoms with Crippen LogP contribution in [0.2, 0.25) is 0 Å². The van der Waals surface area contributed by atoms with Crippen LogP contribution in [0.4, 0.5) is 5.69 Å². The fourth-order valence-electron chi connectivity index (χ4n) is 1.94. The van der Waals surface area contributed by atoms with Gasteiger partial charge in [0.25, 0.3) is 0 Å². The molecule has 1 heterocycles. The Bertz CT molecular complexity index is 778. The van der Waals surface area contributed by atoms with Crippen LogP contribution in [0.15, 0.2) is 36.0 Å². The molecule has 0 radical (unpaired) electrons. The quantitative estimate of drug-likeness (QED) is 0.882. The van der Waals surface area contributed by atoms with Crippen molar-refractivity contribution < 1.29 is 8.42 Å². The van der Waals surface area contributed by atoms with E-state index in [1.807, 2.05) is 20.0 Å². The fourth-order valence-corrected chi connectivity index (χ4v) is 2.56. The minimum absolute atomic E-state index is 0.106. The van der Waals surface area contributed by atoms with E-state index in [2.05, 4.69) is 17.0 Å². The molecule has 0 aliphatic carbocycles. The summed E-state index contributed by atoms with van der Waals surface area (Å²) in [5.74, 6) is 0. The van der Waals surface area contributed by atoms with Crippen LogP contribution in [0.25, 0.3) is 6.20 Å². The van der Waals surface area contributed by atoms with Crippen molar-refractivity contribution in [3.63, 3.8) is 0 Å². The number of nitrogens with one attached hydrogen (secondary N) is 1. The topological polar surface area (TPSA) is 90.0 Å². The van der Waals surface area contributed by atoms with E-state index < -0.39 is 10.0 Å². The largest absolute Gasteiger partial charge is 0.381 e. The molecule has 2 rings (SSSR count). The lowest BCUT2D eigenvalue weighted by atomic mass is 10.1. The van der Waals surface area contributed by atoms with Crippen molar-refractivity contribution >= 4 is 21.9 Å². The van der Waals surface area contributed by atoms with E-state index in [1.54, 1.807) is 29.2 Å². The molecule has 0 amide bonds. The van der Waals surface area contributed by atoms with Crippen molar-refractivity contribution in [3.8, 4) is 0 Å². The number of aryl methyl sites for hydroxylation is 1. The van der Waals surface area contributed by atoms with Gasteiger partial charge >= 0.3 is 0 Å². The first kappa shape index (κ1) is 15.3. The normalized spacial score (nSPS) is 11.4. The van der Waals surface area contributed by atoms with E-state index >= 15 is 0 Å². The second-order valence-corrected chi connectivity index (χ2v) is 6.38. The number of aromatic nitrogens is 2. The molecule has 0 spiro atoms. The van der Waals surface area contributed by atoms with Crippen molar-refractivity contribution in [1.82, 2.24) is 9.78 Å². The smallest absolute Gasteiger partial charge is 0.238 e. The van der Waals surface area contributed by atoms with Crippen LogP contribution >= 0.6 is 0 Å². The molecule has 0 unspecified atom stereocenters. The predicted octanol–water partition coefficient (Wildman–Crippen LogP) is 1.86. The maximum absolute atomic E-state index is 11.5. The predicted molar refractivity (Wildman–Crippen MR) is 83.2 cm³/mol. The summed E-state index contributed by atoms with van der Waals surface area (Å²) in [6.07, 6.45) is 5.16. The maximum Gasteiger partial charge on any atom is 0.238 e. The molecule has 0 bridgehead atoms. The van der Waals surface area contributed by atoms with Gasteiger partial charge in [0.15, 0.2) is 0 Å². The number of sulfonamides is 1. The molecular weight excluding hydrogens is 288 g/mol. The molecule has 0 aliphatic heterocycles. The zero-order chi connectivity index (χ0) is 15.6. The molecule has 7 heteroatoms. The molecule has 112 valence electrons. The molecule has 1 aromatic heterocycles. The first-order valence-corrected chi connectivity index (χ1v) is 7.89. The van der Waals surface area contributed by atoms with E-state index in [4.69, 9.17) is 5.14 Å². The van der Waals surface area contributed by atoms with Crippen molar-refractivity contribution in [2.75, 3.05) is 5.32 Å². The van der Waals surface area contributed by atoms with Gasteiger partial charge in [-0.25, -0.2) is 18.2 Å². The summed E-state index contributed by atoms with van der Waals surface area (Å²) >= 11 is 0. The van der Waals surface area contributed by atoms with Gasteiger partial charge in [0.1, 0.15) is 0 Å². The molecule has 0 fully saturated rings. The van der Waals surface area contributed by atoms with E-state index in [9.17, 15) is 8.42 Å².